The summed E-state index contributed by atoms with van der Waals surface area (Å²) in [7, 11) is 0. The van der Waals surface area contributed by atoms with Crippen LogP contribution in [0.1, 0.15) is 5.56 Å². The molecule has 0 bridgehead atoms. The van der Waals surface area contributed by atoms with E-state index in [1.807, 2.05) is 41.8 Å². The number of hydrogen-bond acceptors (Lipinski definition) is 5. The fraction of sp³-hybridized carbons (Fsp3) is 0.0769. The van der Waals surface area contributed by atoms with Crippen LogP contribution in [0.25, 0.3) is 5.65 Å². The minimum absolute atomic E-state index is 0.570. The van der Waals surface area contributed by atoms with Gasteiger partial charge in [-0.3, -0.25) is 0 Å². The highest BCUT2D eigenvalue weighted by atomic mass is 15.3. The van der Waals surface area contributed by atoms with Gasteiger partial charge in [-0.15, -0.1) is 0 Å². The van der Waals surface area contributed by atoms with Crippen LogP contribution in [-0.4, -0.2) is 14.4 Å². The van der Waals surface area contributed by atoms with E-state index in [2.05, 4.69) is 20.7 Å². The number of fused-ring (bicyclic) bond motifs is 1. The van der Waals surface area contributed by atoms with Crippen LogP contribution in [0.15, 0.2) is 42.9 Å². The van der Waals surface area contributed by atoms with Crippen molar-refractivity contribution in [3.63, 3.8) is 0 Å². The average Bonchev–Trinajstić information content (AvgIpc) is 2.89. The topological polar surface area (TPSA) is 80.3 Å². The molecule has 0 aliphatic heterocycles. The summed E-state index contributed by atoms with van der Waals surface area (Å²) in [5, 5.41) is 3.24. The fourth-order valence-electron chi connectivity index (χ4n) is 1.86. The number of aryl methyl sites for hydroxylation is 1. The largest absolute Gasteiger partial charge is 0.337 e. The second-order valence-corrected chi connectivity index (χ2v) is 4.27. The maximum absolute atomic E-state index is 5.42. The maximum Gasteiger partial charge on any atom is 0.180 e. The lowest BCUT2D eigenvalue weighted by atomic mass is 10.2. The Morgan fingerprint density at radius 3 is 2.74 bits per heavy atom. The number of nitrogens with two attached hydrogens (primary N) is 1. The monoisotopic (exact) mass is 254 g/mol. The van der Waals surface area contributed by atoms with E-state index in [0.717, 1.165) is 11.3 Å². The molecule has 6 heteroatoms. The van der Waals surface area contributed by atoms with Crippen LogP contribution < -0.4 is 16.6 Å². The van der Waals surface area contributed by atoms with Crippen LogP contribution in [0.3, 0.4) is 0 Å². The number of benzene rings is 1. The number of rotatable bonds is 3. The minimum Gasteiger partial charge on any atom is -0.337 e. The number of hydrazine groups is 1. The molecule has 96 valence electrons. The third-order valence-electron chi connectivity index (χ3n) is 2.84. The van der Waals surface area contributed by atoms with E-state index in [9.17, 15) is 0 Å². The lowest BCUT2D eigenvalue weighted by Gasteiger charge is -2.09. The Hall–Kier alpha value is -2.60. The quantitative estimate of drug-likeness (QED) is 0.492. The highest BCUT2D eigenvalue weighted by Gasteiger charge is 2.07. The molecular formula is C13H14N6. The highest BCUT2D eigenvalue weighted by Crippen LogP contribution is 2.20. The maximum atomic E-state index is 5.42. The van der Waals surface area contributed by atoms with Crippen molar-refractivity contribution in [3.8, 4) is 0 Å². The molecule has 0 saturated heterocycles. The van der Waals surface area contributed by atoms with Gasteiger partial charge in [-0.2, -0.15) is 0 Å². The lowest BCUT2D eigenvalue weighted by molar-refractivity contribution is 1.11. The van der Waals surface area contributed by atoms with E-state index in [1.54, 1.807) is 12.4 Å². The van der Waals surface area contributed by atoms with Gasteiger partial charge in [0.25, 0.3) is 0 Å². The van der Waals surface area contributed by atoms with Gasteiger partial charge in [0.05, 0.1) is 6.20 Å². The van der Waals surface area contributed by atoms with Crippen LogP contribution in [0.5, 0.6) is 0 Å². The van der Waals surface area contributed by atoms with E-state index < -0.39 is 0 Å². The molecule has 0 unspecified atom stereocenters. The van der Waals surface area contributed by atoms with E-state index in [0.29, 0.717) is 11.6 Å². The molecule has 0 saturated carbocycles. The first-order valence-corrected chi connectivity index (χ1v) is 5.90. The third kappa shape index (κ3) is 2.21. The molecule has 2 aromatic heterocycles. The molecular weight excluding hydrogens is 240 g/mol. The van der Waals surface area contributed by atoms with Crippen molar-refractivity contribution in [2.45, 2.75) is 6.92 Å². The predicted molar refractivity (Wildman–Crippen MR) is 75.3 cm³/mol. The molecule has 3 aromatic rings. The zero-order valence-electron chi connectivity index (χ0n) is 10.5. The predicted octanol–water partition coefficient (Wildman–Crippen LogP) is 2.07. The molecule has 19 heavy (non-hydrogen) atoms. The minimum atomic E-state index is 0.570. The summed E-state index contributed by atoms with van der Waals surface area (Å²) >= 11 is 0. The van der Waals surface area contributed by atoms with Gasteiger partial charge < -0.3 is 15.1 Å². The van der Waals surface area contributed by atoms with Gasteiger partial charge in [0.2, 0.25) is 0 Å². The van der Waals surface area contributed by atoms with Gasteiger partial charge in [-0.1, -0.05) is 17.7 Å². The highest BCUT2D eigenvalue weighted by molar-refractivity contribution is 5.71. The van der Waals surface area contributed by atoms with Crippen LogP contribution in [0.2, 0.25) is 0 Å². The Morgan fingerprint density at radius 2 is 2.00 bits per heavy atom. The molecule has 3 rings (SSSR count). The van der Waals surface area contributed by atoms with Crippen molar-refractivity contribution < 1.29 is 0 Å². The Balaban J connectivity index is 2.03. The summed E-state index contributed by atoms with van der Waals surface area (Å²) in [4.78, 5) is 8.66. The molecule has 6 nitrogen and oxygen atoms in total. The molecule has 0 amide bonds. The first kappa shape index (κ1) is 11.5. The van der Waals surface area contributed by atoms with Crippen molar-refractivity contribution in [1.29, 1.82) is 0 Å². The summed E-state index contributed by atoms with van der Waals surface area (Å²) in [6.07, 6.45) is 5.35. The van der Waals surface area contributed by atoms with E-state index >= 15 is 0 Å². The van der Waals surface area contributed by atoms with Gasteiger partial charge in [0.1, 0.15) is 0 Å². The molecule has 0 spiro atoms. The third-order valence-corrected chi connectivity index (χ3v) is 2.84. The van der Waals surface area contributed by atoms with Crippen molar-refractivity contribution in [2.24, 2.45) is 5.84 Å². The Bertz CT molecular complexity index is 701. The standard InChI is InChI=1S/C13H14N6/c1-9-2-4-10(5-3-9)16-12-13-15-6-7-19(13)8-11(17-12)18-14/h2-8,18H,14H2,1H3,(H,16,17). The van der Waals surface area contributed by atoms with Crippen LogP contribution >= 0.6 is 0 Å². The van der Waals surface area contributed by atoms with Gasteiger partial charge in [-0.05, 0) is 19.1 Å². The summed E-state index contributed by atoms with van der Waals surface area (Å²) in [6.45, 7) is 2.05. The van der Waals surface area contributed by atoms with E-state index in [1.165, 1.54) is 5.56 Å². The first-order chi connectivity index (χ1) is 9.26. The molecule has 0 aliphatic rings. The van der Waals surface area contributed by atoms with Crippen molar-refractivity contribution in [2.75, 3.05) is 10.7 Å². The number of anilines is 3. The van der Waals surface area contributed by atoms with Gasteiger partial charge >= 0.3 is 0 Å². The van der Waals surface area contributed by atoms with E-state index in [4.69, 9.17) is 5.84 Å². The zero-order chi connectivity index (χ0) is 13.2. The van der Waals surface area contributed by atoms with Crippen molar-refractivity contribution >= 4 is 23.0 Å². The summed E-state index contributed by atoms with van der Waals surface area (Å²) in [5.41, 5.74) is 5.46. The molecule has 0 radical (unpaired) electrons. The normalized spacial score (nSPS) is 10.6. The average molecular weight is 254 g/mol. The Kier molecular flexibility index (Phi) is 2.77. The first-order valence-electron chi connectivity index (χ1n) is 5.90. The van der Waals surface area contributed by atoms with Crippen LogP contribution in [0, 0.1) is 6.92 Å². The van der Waals surface area contributed by atoms with Crippen molar-refractivity contribution in [1.82, 2.24) is 14.4 Å². The number of nitrogens with one attached hydrogen (secondary N) is 2. The van der Waals surface area contributed by atoms with Gasteiger partial charge in [0.15, 0.2) is 17.3 Å². The van der Waals surface area contributed by atoms with Crippen LogP contribution in [0.4, 0.5) is 17.3 Å². The van der Waals surface area contributed by atoms with Gasteiger partial charge in [-0.25, -0.2) is 15.8 Å². The molecule has 0 fully saturated rings. The molecule has 4 N–H and O–H groups in total. The molecule has 1 aromatic carbocycles. The molecule has 2 heterocycles. The van der Waals surface area contributed by atoms with E-state index in [-0.39, 0.29) is 0 Å². The SMILES string of the molecule is Cc1ccc(Nc2nc(NN)cn3ccnc23)cc1. The van der Waals surface area contributed by atoms with Crippen LogP contribution in [-0.2, 0) is 0 Å². The molecule has 0 aliphatic carbocycles. The summed E-state index contributed by atoms with van der Waals surface area (Å²) < 4.78 is 1.86. The number of nitrogens with zero attached hydrogens (tertiary/aromatic N) is 3. The number of aromatic nitrogens is 3. The Labute approximate surface area is 110 Å². The fourth-order valence-corrected chi connectivity index (χ4v) is 1.86. The number of imidazole rings is 1. The van der Waals surface area contributed by atoms with Crippen molar-refractivity contribution in [3.05, 3.63) is 48.4 Å². The second kappa shape index (κ2) is 4.58. The van der Waals surface area contributed by atoms with Gasteiger partial charge in [0, 0.05) is 18.1 Å². The molecule has 0 atom stereocenters. The summed E-state index contributed by atoms with van der Waals surface area (Å²) in [5.74, 6) is 6.64. The summed E-state index contributed by atoms with van der Waals surface area (Å²) in [6, 6.07) is 8.07. The number of hydrogen-bond donors (Lipinski definition) is 3. The smallest absolute Gasteiger partial charge is 0.180 e. The zero-order valence-corrected chi connectivity index (χ0v) is 10.5. The second-order valence-electron chi connectivity index (χ2n) is 4.27. The Morgan fingerprint density at radius 1 is 1.21 bits per heavy atom. The number of nitrogen functional groups attached to an aromatic ring is 1. The lowest BCUT2D eigenvalue weighted by Crippen LogP contribution is -2.11.